The Bertz CT molecular complexity index is 319. The smallest absolute Gasteiger partial charge is 0.303 e. The van der Waals surface area contributed by atoms with Crippen molar-refractivity contribution in [2.75, 3.05) is 0 Å². The van der Waals surface area contributed by atoms with Crippen LogP contribution in [-0.2, 0) is 4.79 Å². The summed E-state index contributed by atoms with van der Waals surface area (Å²) in [6.45, 7) is 4.32. The lowest BCUT2D eigenvalue weighted by molar-refractivity contribution is -0.137. The Balaban J connectivity index is 2.75. The summed E-state index contributed by atoms with van der Waals surface area (Å²) in [6, 6.07) is 9.96. The van der Waals surface area contributed by atoms with Crippen LogP contribution in [0.2, 0.25) is 0 Å². The molecule has 0 aliphatic rings. The number of carbonyl (C=O) groups is 1. The fraction of sp³-hybridized carbons (Fsp3) is 0.500. The summed E-state index contributed by atoms with van der Waals surface area (Å²) in [5.41, 5.74) is 1.14. The molecule has 2 nitrogen and oxygen atoms in total. The van der Waals surface area contributed by atoms with Crippen LogP contribution in [0.5, 0.6) is 0 Å². The first-order chi connectivity index (χ1) is 7.63. The summed E-state index contributed by atoms with van der Waals surface area (Å²) >= 11 is 0. The zero-order valence-corrected chi connectivity index (χ0v) is 10.0. The van der Waals surface area contributed by atoms with E-state index < -0.39 is 5.97 Å². The second-order valence-corrected chi connectivity index (χ2v) is 4.45. The van der Waals surface area contributed by atoms with Gasteiger partial charge in [0.2, 0.25) is 0 Å². The van der Waals surface area contributed by atoms with Crippen LogP contribution < -0.4 is 0 Å². The summed E-state index contributed by atoms with van der Waals surface area (Å²) in [7, 11) is 0. The first-order valence-electron chi connectivity index (χ1n) is 5.90. The van der Waals surface area contributed by atoms with Crippen molar-refractivity contribution in [1.82, 2.24) is 0 Å². The van der Waals surface area contributed by atoms with Gasteiger partial charge in [0.15, 0.2) is 0 Å². The molecular formula is C14H20O2. The Kier molecular flexibility index (Phi) is 5.03. The van der Waals surface area contributed by atoms with Gasteiger partial charge in [0, 0.05) is 0 Å². The van der Waals surface area contributed by atoms with E-state index in [0.29, 0.717) is 5.92 Å². The van der Waals surface area contributed by atoms with E-state index in [-0.39, 0.29) is 12.3 Å². The summed E-state index contributed by atoms with van der Waals surface area (Å²) in [5, 5.41) is 8.93. The van der Waals surface area contributed by atoms with Crippen LogP contribution in [0.1, 0.15) is 44.6 Å². The highest BCUT2D eigenvalue weighted by Gasteiger charge is 2.17. The second kappa shape index (κ2) is 6.31. The van der Waals surface area contributed by atoms with E-state index in [2.05, 4.69) is 13.8 Å². The summed E-state index contributed by atoms with van der Waals surface area (Å²) in [6.07, 6.45) is 2.28. The lowest BCUT2D eigenvalue weighted by Gasteiger charge is -2.19. The second-order valence-electron chi connectivity index (χ2n) is 4.45. The monoisotopic (exact) mass is 220 g/mol. The van der Waals surface area contributed by atoms with Crippen LogP contribution >= 0.6 is 0 Å². The average molecular weight is 220 g/mol. The first kappa shape index (κ1) is 12.8. The number of aliphatic carboxylic acids is 1. The Hall–Kier alpha value is -1.31. The Morgan fingerprint density at radius 1 is 1.31 bits per heavy atom. The molecule has 2 unspecified atom stereocenters. The van der Waals surface area contributed by atoms with Crippen molar-refractivity contribution in [2.45, 2.75) is 39.0 Å². The number of carboxylic acid groups (broad SMARTS) is 1. The zero-order valence-electron chi connectivity index (χ0n) is 10.0. The van der Waals surface area contributed by atoms with E-state index in [0.717, 1.165) is 18.4 Å². The number of rotatable bonds is 6. The molecular weight excluding hydrogens is 200 g/mol. The molecule has 16 heavy (non-hydrogen) atoms. The van der Waals surface area contributed by atoms with Gasteiger partial charge in [-0.05, 0) is 23.8 Å². The number of hydrogen-bond donors (Lipinski definition) is 1. The molecule has 1 rings (SSSR count). The van der Waals surface area contributed by atoms with Crippen LogP contribution in [0.4, 0.5) is 0 Å². The van der Waals surface area contributed by atoms with E-state index in [9.17, 15) is 4.79 Å². The number of carboxylic acids is 1. The van der Waals surface area contributed by atoms with Gasteiger partial charge in [-0.25, -0.2) is 0 Å². The molecule has 0 bridgehead atoms. The van der Waals surface area contributed by atoms with Gasteiger partial charge < -0.3 is 5.11 Å². The van der Waals surface area contributed by atoms with E-state index in [1.807, 2.05) is 30.3 Å². The highest BCUT2D eigenvalue weighted by molar-refractivity contribution is 5.68. The molecule has 1 aromatic rings. The van der Waals surface area contributed by atoms with Crippen molar-refractivity contribution in [1.29, 1.82) is 0 Å². The molecule has 0 amide bonds. The van der Waals surface area contributed by atoms with Crippen LogP contribution in [0.15, 0.2) is 30.3 Å². The molecule has 2 heteroatoms. The van der Waals surface area contributed by atoms with E-state index >= 15 is 0 Å². The minimum atomic E-state index is -0.711. The molecule has 1 N–H and O–H groups in total. The zero-order chi connectivity index (χ0) is 12.0. The summed E-state index contributed by atoms with van der Waals surface area (Å²) < 4.78 is 0. The van der Waals surface area contributed by atoms with Gasteiger partial charge in [-0.1, -0.05) is 50.6 Å². The molecule has 0 radical (unpaired) electrons. The Morgan fingerprint density at radius 2 is 1.94 bits per heavy atom. The van der Waals surface area contributed by atoms with Crippen molar-refractivity contribution < 1.29 is 9.90 Å². The quantitative estimate of drug-likeness (QED) is 0.794. The van der Waals surface area contributed by atoms with Crippen LogP contribution in [0, 0.1) is 5.92 Å². The van der Waals surface area contributed by atoms with Crippen LogP contribution in [0.25, 0.3) is 0 Å². The molecule has 0 heterocycles. The highest BCUT2D eigenvalue weighted by Crippen LogP contribution is 2.28. The molecule has 88 valence electrons. The highest BCUT2D eigenvalue weighted by atomic mass is 16.4. The van der Waals surface area contributed by atoms with Crippen LogP contribution in [-0.4, -0.2) is 11.1 Å². The van der Waals surface area contributed by atoms with Gasteiger partial charge in [-0.15, -0.1) is 0 Å². The normalized spacial score (nSPS) is 14.4. The standard InChI is InChI=1S/C14H20O2/c1-3-11(2)9-13(10-14(15)16)12-7-5-4-6-8-12/h4-8,11,13H,3,9-10H2,1-2H3,(H,15,16). The van der Waals surface area contributed by atoms with Crippen molar-refractivity contribution in [3.8, 4) is 0 Å². The SMILES string of the molecule is CCC(C)CC(CC(=O)O)c1ccccc1. The predicted octanol–water partition coefficient (Wildman–Crippen LogP) is 3.68. The maximum atomic E-state index is 10.9. The number of benzene rings is 1. The molecule has 0 aliphatic heterocycles. The lowest BCUT2D eigenvalue weighted by Crippen LogP contribution is -2.10. The molecule has 1 aromatic carbocycles. The maximum absolute atomic E-state index is 10.9. The minimum Gasteiger partial charge on any atom is -0.481 e. The van der Waals surface area contributed by atoms with Gasteiger partial charge >= 0.3 is 5.97 Å². The van der Waals surface area contributed by atoms with Crippen molar-refractivity contribution >= 4 is 5.97 Å². The third kappa shape index (κ3) is 4.05. The summed E-state index contributed by atoms with van der Waals surface area (Å²) in [5.74, 6) is 0.00959. The molecule has 0 spiro atoms. The average Bonchev–Trinajstić information content (AvgIpc) is 2.28. The topological polar surface area (TPSA) is 37.3 Å². The third-order valence-electron chi connectivity index (χ3n) is 3.08. The number of hydrogen-bond acceptors (Lipinski definition) is 1. The molecule has 0 aromatic heterocycles. The van der Waals surface area contributed by atoms with Crippen molar-refractivity contribution in [3.05, 3.63) is 35.9 Å². The van der Waals surface area contributed by atoms with Gasteiger partial charge in [0.1, 0.15) is 0 Å². The fourth-order valence-corrected chi connectivity index (χ4v) is 1.93. The van der Waals surface area contributed by atoms with E-state index in [1.54, 1.807) is 0 Å². The largest absolute Gasteiger partial charge is 0.481 e. The molecule has 0 fully saturated rings. The molecule has 2 atom stereocenters. The predicted molar refractivity (Wildman–Crippen MR) is 65.5 cm³/mol. The van der Waals surface area contributed by atoms with Crippen molar-refractivity contribution in [3.63, 3.8) is 0 Å². The maximum Gasteiger partial charge on any atom is 0.303 e. The van der Waals surface area contributed by atoms with Crippen LogP contribution in [0.3, 0.4) is 0 Å². The Morgan fingerprint density at radius 3 is 2.44 bits per heavy atom. The van der Waals surface area contributed by atoms with Gasteiger partial charge in [0.25, 0.3) is 0 Å². The molecule has 0 saturated heterocycles. The fourth-order valence-electron chi connectivity index (χ4n) is 1.93. The van der Waals surface area contributed by atoms with E-state index in [4.69, 9.17) is 5.11 Å². The summed E-state index contributed by atoms with van der Waals surface area (Å²) in [4.78, 5) is 10.9. The minimum absolute atomic E-state index is 0.147. The first-order valence-corrected chi connectivity index (χ1v) is 5.90. The van der Waals surface area contributed by atoms with Gasteiger partial charge in [-0.2, -0.15) is 0 Å². The molecule has 0 saturated carbocycles. The van der Waals surface area contributed by atoms with E-state index in [1.165, 1.54) is 0 Å². The molecule has 0 aliphatic carbocycles. The lowest BCUT2D eigenvalue weighted by atomic mass is 9.86. The van der Waals surface area contributed by atoms with Crippen molar-refractivity contribution in [2.24, 2.45) is 5.92 Å². The third-order valence-corrected chi connectivity index (χ3v) is 3.08. The Labute approximate surface area is 97.3 Å². The van der Waals surface area contributed by atoms with Gasteiger partial charge in [0.05, 0.1) is 6.42 Å². The van der Waals surface area contributed by atoms with Gasteiger partial charge in [-0.3, -0.25) is 4.79 Å².